The summed E-state index contributed by atoms with van der Waals surface area (Å²) in [4.78, 5) is 24.6. The summed E-state index contributed by atoms with van der Waals surface area (Å²) in [5, 5.41) is 4.34. The maximum absolute atomic E-state index is 12.6. The van der Waals surface area contributed by atoms with Crippen molar-refractivity contribution in [2.75, 3.05) is 0 Å². The van der Waals surface area contributed by atoms with Gasteiger partial charge in [-0.1, -0.05) is 95.6 Å². The molecule has 4 aromatic rings. The lowest BCUT2D eigenvalue weighted by atomic mass is 9.73. The number of H-pyrrole nitrogens is 1. The molecule has 1 N–H and O–H groups in total. The fraction of sp³-hybridized carbons (Fsp3) is 0.636. The molecule has 0 bridgehead atoms. The van der Waals surface area contributed by atoms with Crippen molar-refractivity contribution in [3.8, 4) is 5.75 Å². The van der Waals surface area contributed by atoms with E-state index in [1.165, 1.54) is 85.3 Å². The largest absolute Gasteiger partial charge is 0.486 e. The molecule has 3 aliphatic carbocycles. The molecule has 0 aliphatic heterocycles. The van der Waals surface area contributed by atoms with Gasteiger partial charge in [0.1, 0.15) is 23.7 Å². The summed E-state index contributed by atoms with van der Waals surface area (Å²) in [6, 6.07) is 8.34. The first-order chi connectivity index (χ1) is 20.1. The highest BCUT2D eigenvalue weighted by Gasteiger charge is 2.24. The van der Waals surface area contributed by atoms with Gasteiger partial charge in [0.25, 0.3) is 0 Å². The molecule has 0 unspecified atom stereocenters. The van der Waals surface area contributed by atoms with Crippen LogP contribution in [0.1, 0.15) is 119 Å². The van der Waals surface area contributed by atoms with Crippen LogP contribution >= 0.6 is 0 Å². The Morgan fingerprint density at radius 3 is 2.00 bits per heavy atom. The molecule has 0 amide bonds. The summed E-state index contributed by atoms with van der Waals surface area (Å²) in [7, 11) is 1.68. The molecule has 3 aromatic heterocycles. The summed E-state index contributed by atoms with van der Waals surface area (Å²) in [5.41, 5.74) is 2.84. The highest BCUT2D eigenvalue weighted by molar-refractivity contribution is 5.85. The molecule has 8 nitrogen and oxygen atoms in total. The quantitative estimate of drug-likeness (QED) is 0.276. The van der Waals surface area contributed by atoms with Crippen molar-refractivity contribution in [2.45, 2.75) is 116 Å². The van der Waals surface area contributed by atoms with Crippen molar-refractivity contribution >= 4 is 16.8 Å². The van der Waals surface area contributed by atoms with Gasteiger partial charge in [0.05, 0.1) is 0 Å². The van der Waals surface area contributed by atoms with Crippen LogP contribution in [0.4, 0.5) is 0 Å². The van der Waals surface area contributed by atoms with E-state index < -0.39 is 0 Å². The molecule has 3 heterocycles. The number of hydrogen-bond acceptors (Lipinski definition) is 5. The van der Waals surface area contributed by atoms with Crippen LogP contribution in [0, 0.1) is 18.8 Å². The number of imidazole rings is 1. The minimum absolute atomic E-state index is 0.197. The number of aryl methyl sites for hydroxylation is 2. The van der Waals surface area contributed by atoms with Gasteiger partial charge < -0.3 is 9.72 Å². The van der Waals surface area contributed by atoms with E-state index in [1.807, 2.05) is 19.1 Å². The fourth-order valence-electron chi connectivity index (χ4n) is 7.45. The lowest BCUT2D eigenvalue weighted by molar-refractivity contribution is 0.196. The van der Waals surface area contributed by atoms with E-state index in [4.69, 9.17) is 4.74 Å². The van der Waals surface area contributed by atoms with E-state index >= 15 is 0 Å². The topological polar surface area (TPSA) is 90.1 Å². The van der Waals surface area contributed by atoms with Crippen molar-refractivity contribution in [3.05, 3.63) is 52.0 Å². The molecule has 220 valence electrons. The van der Waals surface area contributed by atoms with Gasteiger partial charge in [0.2, 0.25) is 0 Å². The van der Waals surface area contributed by atoms with Crippen LogP contribution in [0.5, 0.6) is 5.75 Å². The molecular formula is C33H46N6O2. The number of aromatic amines is 1. The number of hydrogen-bond donors (Lipinski definition) is 1. The minimum Gasteiger partial charge on any atom is -0.486 e. The summed E-state index contributed by atoms with van der Waals surface area (Å²) < 4.78 is 8.64. The summed E-state index contributed by atoms with van der Waals surface area (Å²) in [5.74, 6) is 4.91. The Morgan fingerprint density at radius 2 is 1.39 bits per heavy atom. The van der Waals surface area contributed by atoms with Gasteiger partial charge in [0, 0.05) is 7.05 Å². The van der Waals surface area contributed by atoms with Crippen LogP contribution in [0.3, 0.4) is 0 Å². The minimum atomic E-state index is -0.283. The SMILES string of the molecule is C1CCC(C2CCCCC2)CC1.Cc1nc2c([nH]1)c1nc(COc3ccc(C4CCCCC4)cc3)nn1c(=O)n2C. The average Bonchev–Trinajstić information content (AvgIpc) is 3.65. The van der Waals surface area contributed by atoms with E-state index in [9.17, 15) is 4.79 Å². The molecule has 3 saturated carbocycles. The first kappa shape index (κ1) is 28.0. The first-order valence-electron chi connectivity index (χ1n) is 16.1. The lowest BCUT2D eigenvalue weighted by Crippen LogP contribution is -2.25. The molecule has 8 heteroatoms. The zero-order chi connectivity index (χ0) is 28.2. The summed E-state index contributed by atoms with van der Waals surface area (Å²) in [6.07, 6.45) is 22.0. The Hall–Kier alpha value is -3.16. The van der Waals surface area contributed by atoms with Gasteiger partial charge in [-0.25, -0.2) is 14.8 Å². The first-order valence-corrected chi connectivity index (χ1v) is 16.1. The molecule has 3 fully saturated rings. The third-order valence-corrected chi connectivity index (χ3v) is 9.75. The predicted octanol–water partition coefficient (Wildman–Crippen LogP) is 7.39. The van der Waals surface area contributed by atoms with Crippen LogP contribution in [-0.2, 0) is 13.7 Å². The number of benzene rings is 1. The molecule has 0 spiro atoms. The van der Waals surface area contributed by atoms with E-state index in [0.717, 1.165) is 23.4 Å². The van der Waals surface area contributed by atoms with Crippen molar-refractivity contribution in [3.63, 3.8) is 0 Å². The number of nitrogens with one attached hydrogen (secondary N) is 1. The Morgan fingerprint density at radius 1 is 0.805 bits per heavy atom. The van der Waals surface area contributed by atoms with E-state index in [0.29, 0.717) is 28.6 Å². The van der Waals surface area contributed by atoms with Gasteiger partial charge in [-0.05, 0) is 55.2 Å². The third-order valence-electron chi connectivity index (χ3n) is 9.75. The lowest BCUT2D eigenvalue weighted by Gasteiger charge is -2.32. The number of fused-ring (bicyclic) bond motifs is 3. The molecule has 0 radical (unpaired) electrons. The summed E-state index contributed by atoms with van der Waals surface area (Å²) >= 11 is 0. The number of aromatic nitrogens is 6. The molecule has 0 atom stereocenters. The van der Waals surface area contributed by atoms with Gasteiger partial charge in [-0.2, -0.15) is 4.52 Å². The predicted molar refractivity (Wildman–Crippen MR) is 162 cm³/mol. The average molecular weight is 559 g/mol. The van der Waals surface area contributed by atoms with Crippen molar-refractivity contribution in [2.24, 2.45) is 18.9 Å². The van der Waals surface area contributed by atoms with Crippen LogP contribution in [-0.4, -0.2) is 29.1 Å². The highest BCUT2D eigenvalue weighted by atomic mass is 16.5. The molecule has 7 rings (SSSR count). The van der Waals surface area contributed by atoms with Crippen LogP contribution in [0.25, 0.3) is 16.8 Å². The second kappa shape index (κ2) is 12.8. The van der Waals surface area contributed by atoms with E-state index in [2.05, 4.69) is 32.2 Å². The Bertz CT molecular complexity index is 1470. The van der Waals surface area contributed by atoms with Crippen LogP contribution in [0.15, 0.2) is 29.1 Å². The molecular weight excluding hydrogens is 512 g/mol. The Labute approximate surface area is 242 Å². The maximum atomic E-state index is 12.6. The second-order valence-electron chi connectivity index (χ2n) is 12.6. The van der Waals surface area contributed by atoms with Crippen molar-refractivity contribution < 1.29 is 4.74 Å². The fourth-order valence-corrected chi connectivity index (χ4v) is 7.45. The van der Waals surface area contributed by atoms with Crippen LogP contribution in [0.2, 0.25) is 0 Å². The third kappa shape index (κ3) is 6.36. The van der Waals surface area contributed by atoms with Gasteiger partial charge >= 0.3 is 5.69 Å². The van der Waals surface area contributed by atoms with Crippen LogP contribution < -0.4 is 10.4 Å². The summed E-state index contributed by atoms with van der Waals surface area (Å²) in [6.45, 7) is 2.04. The van der Waals surface area contributed by atoms with Gasteiger partial charge in [0.15, 0.2) is 17.1 Å². The molecule has 0 saturated heterocycles. The van der Waals surface area contributed by atoms with E-state index in [1.54, 1.807) is 32.7 Å². The van der Waals surface area contributed by atoms with Gasteiger partial charge in [-0.3, -0.25) is 4.57 Å². The Kier molecular flexibility index (Phi) is 8.73. The molecule has 1 aromatic carbocycles. The van der Waals surface area contributed by atoms with Crippen molar-refractivity contribution in [1.29, 1.82) is 0 Å². The zero-order valence-corrected chi connectivity index (χ0v) is 24.9. The second-order valence-corrected chi connectivity index (χ2v) is 12.6. The standard InChI is InChI=1S/C21H24N6O2.C12H22/c1-13-22-18-19(23-13)26(2)21(28)27-20(18)24-17(25-27)12-29-16-10-8-15(9-11-16)14-6-4-3-5-7-14;1-3-7-11(8-4-1)12-9-5-2-6-10-12/h8-11,14H,3-7,12H2,1-2H3,(H,22,23);11-12H,1-10H2. The number of nitrogens with zero attached hydrogens (tertiary/aromatic N) is 5. The number of rotatable bonds is 5. The molecule has 41 heavy (non-hydrogen) atoms. The molecule has 3 aliphatic rings. The maximum Gasteiger partial charge on any atom is 0.352 e. The van der Waals surface area contributed by atoms with E-state index in [-0.39, 0.29) is 12.3 Å². The monoisotopic (exact) mass is 558 g/mol. The number of ether oxygens (including phenoxy) is 1. The Balaban J connectivity index is 0.000000210. The van der Waals surface area contributed by atoms with Gasteiger partial charge in [-0.15, -0.1) is 5.10 Å². The highest BCUT2D eigenvalue weighted by Crippen LogP contribution is 2.38. The smallest absolute Gasteiger partial charge is 0.352 e. The van der Waals surface area contributed by atoms with Crippen molar-refractivity contribution in [1.82, 2.24) is 29.1 Å². The normalized spacial score (nSPS) is 19.4. The zero-order valence-electron chi connectivity index (χ0n) is 24.9.